The Balaban J connectivity index is 2.36. The summed E-state index contributed by atoms with van der Waals surface area (Å²) in [6.45, 7) is 6.95. The van der Waals surface area contributed by atoms with Crippen molar-refractivity contribution in [3.05, 3.63) is 0 Å². The van der Waals surface area contributed by atoms with Crippen LogP contribution in [0.5, 0.6) is 0 Å². The minimum Gasteiger partial charge on any atom is -0.326 e. The third kappa shape index (κ3) is 3.16. The predicted molar refractivity (Wildman–Crippen MR) is 66.8 cm³/mol. The van der Waals surface area contributed by atoms with Gasteiger partial charge < -0.3 is 5.73 Å². The van der Waals surface area contributed by atoms with Gasteiger partial charge in [0.2, 0.25) is 0 Å². The van der Waals surface area contributed by atoms with Gasteiger partial charge in [0.05, 0.1) is 0 Å². The maximum atomic E-state index is 6.32. The molecule has 0 bridgehead atoms. The quantitative estimate of drug-likeness (QED) is 0.760. The van der Waals surface area contributed by atoms with E-state index in [1.165, 1.54) is 37.9 Å². The molecule has 0 aliphatic carbocycles. The highest BCUT2D eigenvalue weighted by molar-refractivity contribution is 8.00. The van der Waals surface area contributed by atoms with Crippen LogP contribution in [0, 0.1) is 5.92 Å². The zero-order chi connectivity index (χ0) is 10.6. The molecule has 0 amide bonds. The first kappa shape index (κ1) is 12.4. The maximum absolute atomic E-state index is 6.32. The molecule has 1 fully saturated rings. The Morgan fingerprint density at radius 1 is 1.50 bits per heavy atom. The Kier molecular flexibility index (Phi) is 4.78. The first-order valence-corrected chi connectivity index (χ1v) is 6.96. The molecular weight excluding hydrogens is 190 g/mol. The predicted octanol–water partition coefficient (Wildman–Crippen LogP) is 3.43. The largest absolute Gasteiger partial charge is 0.326 e. The van der Waals surface area contributed by atoms with E-state index >= 15 is 0 Å². The van der Waals surface area contributed by atoms with Gasteiger partial charge in [-0.15, -0.1) is 0 Å². The molecule has 1 nitrogen and oxygen atoms in total. The Labute approximate surface area is 93.2 Å². The summed E-state index contributed by atoms with van der Waals surface area (Å²) in [7, 11) is 0. The van der Waals surface area contributed by atoms with Crippen molar-refractivity contribution in [1.29, 1.82) is 0 Å². The van der Waals surface area contributed by atoms with Crippen molar-refractivity contribution in [2.45, 2.75) is 63.7 Å². The van der Waals surface area contributed by atoms with Gasteiger partial charge in [-0.1, -0.05) is 26.7 Å². The Morgan fingerprint density at radius 3 is 2.71 bits per heavy atom. The van der Waals surface area contributed by atoms with Crippen LogP contribution in [0.25, 0.3) is 0 Å². The first-order chi connectivity index (χ1) is 6.58. The van der Waals surface area contributed by atoms with Crippen LogP contribution in [0.3, 0.4) is 0 Å². The molecule has 0 saturated carbocycles. The van der Waals surface area contributed by atoms with Crippen LogP contribution >= 0.6 is 11.8 Å². The molecule has 0 spiro atoms. The van der Waals surface area contributed by atoms with E-state index in [2.05, 4.69) is 32.5 Å². The topological polar surface area (TPSA) is 26.0 Å². The van der Waals surface area contributed by atoms with Gasteiger partial charge in [-0.3, -0.25) is 0 Å². The number of rotatable bonds is 5. The van der Waals surface area contributed by atoms with E-state index in [0.29, 0.717) is 10.8 Å². The lowest BCUT2D eigenvalue weighted by molar-refractivity contribution is 0.375. The standard InChI is InChI=1S/C12H25NS/c1-4-6-10(2)9-11(13)12(3)7-5-8-14-12/h10-11H,4-9,13H2,1-3H3. The van der Waals surface area contributed by atoms with Gasteiger partial charge in [-0.25, -0.2) is 0 Å². The van der Waals surface area contributed by atoms with Crippen molar-refractivity contribution >= 4 is 11.8 Å². The Hall–Kier alpha value is 0.310. The minimum atomic E-state index is 0.377. The molecule has 0 aromatic rings. The SMILES string of the molecule is CCCC(C)CC(N)C1(C)CCCS1. The molecular formula is C12H25NS. The van der Waals surface area contributed by atoms with Crippen LogP contribution in [0.1, 0.15) is 52.9 Å². The summed E-state index contributed by atoms with van der Waals surface area (Å²) in [6.07, 6.45) is 6.50. The smallest absolute Gasteiger partial charge is 0.0283 e. The van der Waals surface area contributed by atoms with E-state index in [0.717, 1.165) is 5.92 Å². The molecule has 1 aliphatic heterocycles. The average Bonchev–Trinajstić information content (AvgIpc) is 2.54. The van der Waals surface area contributed by atoms with Gasteiger partial charge in [0.25, 0.3) is 0 Å². The van der Waals surface area contributed by atoms with Crippen molar-refractivity contribution in [3.63, 3.8) is 0 Å². The molecule has 84 valence electrons. The second kappa shape index (κ2) is 5.41. The highest BCUT2D eigenvalue weighted by Crippen LogP contribution is 2.41. The van der Waals surface area contributed by atoms with Crippen LogP contribution in [0.2, 0.25) is 0 Å². The second-order valence-electron chi connectivity index (χ2n) is 5.00. The van der Waals surface area contributed by atoms with E-state index in [1.54, 1.807) is 0 Å². The molecule has 1 heterocycles. The molecule has 1 rings (SSSR count). The van der Waals surface area contributed by atoms with Crippen molar-refractivity contribution < 1.29 is 0 Å². The normalized spacial score (nSPS) is 31.7. The molecule has 0 aromatic heterocycles. The molecule has 1 saturated heterocycles. The van der Waals surface area contributed by atoms with Gasteiger partial charge in [0.15, 0.2) is 0 Å². The van der Waals surface area contributed by atoms with E-state index in [1.807, 2.05) is 0 Å². The van der Waals surface area contributed by atoms with Gasteiger partial charge in [0.1, 0.15) is 0 Å². The Bertz CT molecular complexity index is 164. The molecule has 2 N–H and O–H groups in total. The molecule has 0 aromatic carbocycles. The third-order valence-corrected chi connectivity index (χ3v) is 5.13. The molecule has 0 radical (unpaired) electrons. The number of hydrogen-bond acceptors (Lipinski definition) is 2. The fourth-order valence-electron chi connectivity index (χ4n) is 2.39. The lowest BCUT2D eigenvalue weighted by atomic mass is 9.88. The zero-order valence-corrected chi connectivity index (χ0v) is 10.7. The summed E-state index contributed by atoms with van der Waals surface area (Å²) in [5.41, 5.74) is 6.32. The Morgan fingerprint density at radius 2 is 2.21 bits per heavy atom. The summed E-state index contributed by atoms with van der Waals surface area (Å²) in [4.78, 5) is 0. The van der Waals surface area contributed by atoms with Crippen molar-refractivity contribution in [3.8, 4) is 0 Å². The fourth-order valence-corrected chi connectivity index (χ4v) is 3.74. The molecule has 3 unspecified atom stereocenters. The molecule has 14 heavy (non-hydrogen) atoms. The number of thioether (sulfide) groups is 1. The van der Waals surface area contributed by atoms with E-state index in [4.69, 9.17) is 5.73 Å². The zero-order valence-electron chi connectivity index (χ0n) is 9.88. The maximum Gasteiger partial charge on any atom is 0.0283 e. The van der Waals surface area contributed by atoms with Crippen LogP contribution < -0.4 is 5.73 Å². The van der Waals surface area contributed by atoms with Gasteiger partial charge in [-0.2, -0.15) is 11.8 Å². The summed E-state index contributed by atoms with van der Waals surface area (Å²) in [6, 6.07) is 0.400. The van der Waals surface area contributed by atoms with Gasteiger partial charge >= 0.3 is 0 Å². The van der Waals surface area contributed by atoms with E-state index < -0.39 is 0 Å². The van der Waals surface area contributed by atoms with Crippen molar-refractivity contribution in [2.24, 2.45) is 11.7 Å². The highest BCUT2D eigenvalue weighted by atomic mass is 32.2. The summed E-state index contributed by atoms with van der Waals surface area (Å²) in [5, 5.41) is 0. The van der Waals surface area contributed by atoms with Crippen molar-refractivity contribution in [2.75, 3.05) is 5.75 Å². The van der Waals surface area contributed by atoms with E-state index in [-0.39, 0.29) is 0 Å². The summed E-state index contributed by atoms with van der Waals surface area (Å²) < 4.78 is 0.377. The first-order valence-electron chi connectivity index (χ1n) is 5.98. The van der Waals surface area contributed by atoms with Crippen LogP contribution in [-0.4, -0.2) is 16.5 Å². The highest BCUT2D eigenvalue weighted by Gasteiger charge is 2.35. The third-order valence-electron chi connectivity index (χ3n) is 3.47. The van der Waals surface area contributed by atoms with Gasteiger partial charge in [-0.05, 0) is 37.9 Å². The molecule has 2 heteroatoms. The molecule has 1 aliphatic rings. The monoisotopic (exact) mass is 215 g/mol. The van der Waals surface area contributed by atoms with Crippen molar-refractivity contribution in [1.82, 2.24) is 0 Å². The number of hydrogen-bond donors (Lipinski definition) is 1. The van der Waals surface area contributed by atoms with E-state index in [9.17, 15) is 0 Å². The van der Waals surface area contributed by atoms with Crippen LogP contribution in [0.4, 0.5) is 0 Å². The van der Waals surface area contributed by atoms with Crippen LogP contribution in [-0.2, 0) is 0 Å². The minimum absolute atomic E-state index is 0.377. The fraction of sp³-hybridized carbons (Fsp3) is 1.00. The number of nitrogens with two attached hydrogens (primary N) is 1. The van der Waals surface area contributed by atoms with Gasteiger partial charge in [0, 0.05) is 10.8 Å². The summed E-state index contributed by atoms with van der Waals surface area (Å²) >= 11 is 2.09. The lowest BCUT2D eigenvalue weighted by Gasteiger charge is -2.32. The molecule has 3 atom stereocenters. The lowest BCUT2D eigenvalue weighted by Crippen LogP contribution is -2.42. The second-order valence-corrected chi connectivity index (χ2v) is 6.63. The van der Waals surface area contributed by atoms with Crippen LogP contribution in [0.15, 0.2) is 0 Å². The average molecular weight is 215 g/mol. The summed E-state index contributed by atoms with van der Waals surface area (Å²) in [5.74, 6) is 2.11.